The lowest BCUT2D eigenvalue weighted by molar-refractivity contribution is 0.203. The molecule has 1 aromatic carbocycles. The van der Waals surface area contributed by atoms with Crippen molar-refractivity contribution >= 4 is 44.6 Å². The van der Waals surface area contributed by atoms with Gasteiger partial charge in [-0.1, -0.05) is 27.5 Å². The predicted molar refractivity (Wildman–Crippen MR) is 64.0 cm³/mol. The monoisotopic (exact) mass is 303 g/mol. The van der Waals surface area contributed by atoms with E-state index in [9.17, 15) is 4.79 Å². The average molecular weight is 305 g/mol. The van der Waals surface area contributed by atoms with E-state index in [0.29, 0.717) is 21.7 Å². The van der Waals surface area contributed by atoms with Crippen molar-refractivity contribution in [2.24, 2.45) is 0 Å². The number of benzene rings is 1. The predicted octanol–water partition coefficient (Wildman–Crippen LogP) is 3.57. The van der Waals surface area contributed by atoms with Gasteiger partial charge in [0.1, 0.15) is 6.26 Å². The third-order valence-corrected chi connectivity index (χ3v) is 2.70. The van der Waals surface area contributed by atoms with Gasteiger partial charge in [0, 0.05) is 11.5 Å². The second kappa shape index (κ2) is 4.35. The number of furan rings is 1. The maximum atomic E-state index is 11.1. The molecule has 0 atom stereocenters. The molecule has 16 heavy (non-hydrogen) atoms. The molecule has 84 valence electrons. The molecule has 0 aliphatic rings. The number of hydrogen-bond acceptors (Lipinski definition) is 3. The van der Waals surface area contributed by atoms with Gasteiger partial charge in [0.05, 0.1) is 10.4 Å². The molecule has 0 radical (unpaired) electrons. The number of fused-ring (bicyclic) bond motifs is 1. The summed E-state index contributed by atoms with van der Waals surface area (Å²) in [5, 5.41) is 3.45. The molecule has 6 heteroatoms. The third kappa shape index (κ3) is 2.01. The standard InChI is InChI=1S/C10H7BrClNO3/c1-13-10(14)16-8-4-15-9-6(8)2-5(11)3-7(9)12/h2-4H,1H3,(H,13,14). The van der Waals surface area contributed by atoms with Crippen molar-refractivity contribution in [2.75, 3.05) is 7.05 Å². The first-order valence-corrected chi connectivity index (χ1v) is 5.54. The summed E-state index contributed by atoms with van der Waals surface area (Å²) >= 11 is 9.27. The maximum Gasteiger partial charge on any atom is 0.412 e. The average Bonchev–Trinajstić information content (AvgIpc) is 2.61. The van der Waals surface area contributed by atoms with Crippen molar-refractivity contribution in [3.8, 4) is 5.75 Å². The summed E-state index contributed by atoms with van der Waals surface area (Å²) in [4.78, 5) is 11.1. The highest BCUT2D eigenvalue weighted by Gasteiger charge is 2.13. The number of carbonyl (C=O) groups excluding carboxylic acids is 1. The maximum absolute atomic E-state index is 11.1. The molecule has 0 unspecified atom stereocenters. The highest BCUT2D eigenvalue weighted by Crippen LogP contribution is 2.35. The minimum atomic E-state index is -0.557. The fourth-order valence-electron chi connectivity index (χ4n) is 1.27. The van der Waals surface area contributed by atoms with Crippen molar-refractivity contribution < 1.29 is 13.9 Å². The van der Waals surface area contributed by atoms with Gasteiger partial charge in [-0.2, -0.15) is 0 Å². The molecule has 0 spiro atoms. The SMILES string of the molecule is CNC(=O)Oc1coc2c(Cl)cc(Br)cc12. The van der Waals surface area contributed by atoms with Crippen molar-refractivity contribution in [1.82, 2.24) is 5.32 Å². The Kier molecular flexibility index (Phi) is 3.07. The van der Waals surface area contributed by atoms with Crippen LogP contribution < -0.4 is 10.1 Å². The lowest BCUT2D eigenvalue weighted by Crippen LogP contribution is -2.21. The van der Waals surface area contributed by atoms with Gasteiger partial charge >= 0.3 is 6.09 Å². The third-order valence-electron chi connectivity index (χ3n) is 1.96. The second-order valence-electron chi connectivity index (χ2n) is 3.00. The molecule has 1 heterocycles. The van der Waals surface area contributed by atoms with E-state index in [4.69, 9.17) is 20.8 Å². The summed E-state index contributed by atoms with van der Waals surface area (Å²) in [7, 11) is 1.48. The van der Waals surface area contributed by atoms with Crippen molar-refractivity contribution in [3.05, 3.63) is 27.9 Å². The van der Waals surface area contributed by atoms with Gasteiger partial charge in [-0.3, -0.25) is 0 Å². The van der Waals surface area contributed by atoms with E-state index in [0.717, 1.165) is 4.47 Å². The van der Waals surface area contributed by atoms with Crippen LogP contribution in [0.3, 0.4) is 0 Å². The van der Waals surface area contributed by atoms with Gasteiger partial charge < -0.3 is 14.5 Å². The van der Waals surface area contributed by atoms with Gasteiger partial charge in [-0.15, -0.1) is 0 Å². The Morgan fingerprint density at radius 2 is 2.31 bits per heavy atom. The molecule has 0 aliphatic carbocycles. The first-order chi connectivity index (χ1) is 7.61. The highest BCUT2D eigenvalue weighted by atomic mass is 79.9. The van der Waals surface area contributed by atoms with E-state index in [1.54, 1.807) is 12.1 Å². The Balaban J connectivity index is 2.51. The molecule has 0 saturated heterocycles. The Labute approximate surface area is 105 Å². The first-order valence-electron chi connectivity index (χ1n) is 4.37. The normalized spacial score (nSPS) is 10.4. The van der Waals surface area contributed by atoms with Crippen molar-refractivity contribution in [3.63, 3.8) is 0 Å². The van der Waals surface area contributed by atoms with Crippen LogP contribution >= 0.6 is 27.5 Å². The molecule has 1 amide bonds. The summed E-state index contributed by atoms with van der Waals surface area (Å²) in [6, 6.07) is 3.47. The van der Waals surface area contributed by atoms with Gasteiger partial charge in [0.15, 0.2) is 11.3 Å². The van der Waals surface area contributed by atoms with Crippen LogP contribution in [0.5, 0.6) is 5.75 Å². The summed E-state index contributed by atoms with van der Waals surface area (Å²) in [6.45, 7) is 0. The van der Waals surface area contributed by atoms with Crippen LogP contribution in [0.1, 0.15) is 0 Å². The largest absolute Gasteiger partial charge is 0.459 e. The van der Waals surface area contributed by atoms with Crippen LogP contribution in [0.15, 0.2) is 27.3 Å². The number of nitrogens with one attached hydrogen (secondary N) is 1. The summed E-state index contributed by atoms with van der Waals surface area (Å²) in [5.74, 6) is 0.331. The Hall–Kier alpha value is -1.20. The van der Waals surface area contributed by atoms with Crippen LogP contribution in [0, 0.1) is 0 Å². The minimum Gasteiger partial charge on any atom is -0.459 e. The second-order valence-corrected chi connectivity index (χ2v) is 4.33. The lowest BCUT2D eigenvalue weighted by Gasteiger charge is -2.00. The zero-order chi connectivity index (χ0) is 11.7. The van der Waals surface area contributed by atoms with E-state index in [1.807, 2.05) is 0 Å². The quantitative estimate of drug-likeness (QED) is 0.876. The topological polar surface area (TPSA) is 51.5 Å². The molecular weight excluding hydrogens is 297 g/mol. The minimum absolute atomic E-state index is 0.331. The van der Waals surface area contributed by atoms with E-state index >= 15 is 0 Å². The van der Waals surface area contributed by atoms with Gasteiger partial charge in [-0.05, 0) is 12.1 Å². The molecular formula is C10H7BrClNO3. The Morgan fingerprint density at radius 1 is 1.56 bits per heavy atom. The lowest BCUT2D eigenvalue weighted by atomic mass is 10.2. The summed E-state index contributed by atoms with van der Waals surface area (Å²) < 4.78 is 11.0. The summed E-state index contributed by atoms with van der Waals surface area (Å²) in [6.07, 6.45) is 0.789. The molecule has 0 aliphatic heterocycles. The number of carbonyl (C=O) groups is 1. The van der Waals surface area contributed by atoms with E-state index < -0.39 is 6.09 Å². The fourth-order valence-corrected chi connectivity index (χ4v) is 2.12. The van der Waals surface area contributed by atoms with Crippen molar-refractivity contribution in [2.45, 2.75) is 0 Å². The highest BCUT2D eigenvalue weighted by molar-refractivity contribution is 9.10. The molecule has 2 rings (SSSR count). The number of rotatable bonds is 1. The fraction of sp³-hybridized carbons (Fsp3) is 0.100. The van der Waals surface area contributed by atoms with Crippen LogP contribution in [0.2, 0.25) is 5.02 Å². The van der Waals surface area contributed by atoms with E-state index in [-0.39, 0.29) is 0 Å². The Bertz CT molecular complexity index is 552. The molecule has 2 aromatic rings. The van der Waals surface area contributed by atoms with Crippen LogP contribution in [0.4, 0.5) is 4.79 Å². The van der Waals surface area contributed by atoms with E-state index in [2.05, 4.69) is 21.2 Å². The van der Waals surface area contributed by atoms with E-state index in [1.165, 1.54) is 13.3 Å². The zero-order valence-corrected chi connectivity index (χ0v) is 10.6. The van der Waals surface area contributed by atoms with Crippen LogP contribution in [0.25, 0.3) is 11.0 Å². The van der Waals surface area contributed by atoms with Gasteiger partial charge in [0.2, 0.25) is 0 Å². The van der Waals surface area contributed by atoms with Gasteiger partial charge in [-0.25, -0.2) is 4.79 Å². The molecule has 0 saturated carbocycles. The van der Waals surface area contributed by atoms with Gasteiger partial charge in [0.25, 0.3) is 0 Å². The number of amides is 1. The molecule has 4 nitrogen and oxygen atoms in total. The molecule has 1 N–H and O–H groups in total. The zero-order valence-electron chi connectivity index (χ0n) is 8.21. The molecule has 0 fully saturated rings. The molecule has 0 bridgehead atoms. The molecule has 1 aromatic heterocycles. The van der Waals surface area contributed by atoms with Crippen molar-refractivity contribution in [1.29, 1.82) is 0 Å². The smallest absolute Gasteiger partial charge is 0.412 e. The number of hydrogen-bond donors (Lipinski definition) is 1. The van der Waals surface area contributed by atoms with Crippen LogP contribution in [-0.4, -0.2) is 13.1 Å². The van der Waals surface area contributed by atoms with Crippen LogP contribution in [-0.2, 0) is 0 Å². The Morgan fingerprint density at radius 3 is 3.00 bits per heavy atom. The number of ether oxygens (including phenoxy) is 1. The summed E-state index contributed by atoms with van der Waals surface area (Å²) in [5.41, 5.74) is 0.490. The first kappa shape index (κ1) is 11.3. The number of halogens is 2.